The van der Waals surface area contributed by atoms with Gasteiger partial charge in [0.1, 0.15) is 12.7 Å². The van der Waals surface area contributed by atoms with Crippen LogP contribution in [-0.2, 0) is 6.54 Å². The molecule has 5 nitrogen and oxygen atoms in total. The summed E-state index contributed by atoms with van der Waals surface area (Å²) in [5.41, 5.74) is 1.36. The minimum Gasteiger partial charge on any atom is -0.350 e. The SMILES string of the molecule is c1ccc(CN2CCC(Nc3ncncn3)C2)cc1. The largest absolute Gasteiger partial charge is 0.350 e. The molecule has 0 spiro atoms. The van der Waals surface area contributed by atoms with Gasteiger partial charge < -0.3 is 5.32 Å². The molecular weight excluding hydrogens is 238 g/mol. The highest BCUT2D eigenvalue weighted by Gasteiger charge is 2.22. The number of hydrogen-bond acceptors (Lipinski definition) is 5. The molecule has 0 aliphatic carbocycles. The molecule has 0 amide bonds. The summed E-state index contributed by atoms with van der Waals surface area (Å²) in [5.74, 6) is 0.668. The molecule has 0 radical (unpaired) electrons. The van der Waals surface area contributed by atoms with Gasteiger partial charge in [0.15, 0.2) is 0 Å². The van der Waals surface area contributed by atoms with Crippen molar-refractivity contribution in [3.05, 3.63) is 48.5 Å². The zero-order valence-corrected chi connectivity index (χ0v) is 10.7. The number of nitrogens with zero attached hydrogens (tertiary/aromatic N) is 4. The van der Waals surface area contributed by atoms with Gasteiger partial charge >= 0.3 is 0 Å². The van der Waals surface area contributed by atoms with E-state index in [1.54, 1.807) is 0 Å². The number of likely N-dealkylation sites (tertiary alicyclic amines) is 1. The van der Waals surface area contributed by atoms with Gasteiger partial charge in [0.05, 0.1) is 0 Å². The van der Waals surface area contributed by atoms with Gasteiger partial charge in [-0.2, -0.15) is 0 Å². The summed E-state index contributed by atoms with van der Waals surface area (Å²) in [6, 6.07) is 11.0. The monoisotopic (exact) mass is 255 g/mol. The van der Waals surface area contributed by atoms with Crippen molar-refractivity contribution in [1.82, 2.24) is 19.9 Å². The molecule has 1 aliphatic rings. The topological polar surface area (TPSA) is 53.9 Å². The summed E-state index contributed by atoms with van der Waals surface area (Å²) in [4.78, 5) is 14.5. The average Bonchev–Trinajstić information content (AvgIpc) is 2.88. The first-order valence-electron chi connectivity index (χ1n) is 6.55. The molecular formula is C14H17N5. The van der Waals surface area contributed by atoms with Crippen LogP contribution >= 0.6 is 0 Å². The first-order chi connectivity index (χ1) is 9.40. The Balaban J connectivity index is 1.53. The molecule has 1 saturated heterocycles. The molecule has 1 fully saturated rings. The molecule has 1 unspecified atom stereocenters. The van der Waals surface area contributed by atoms with Gasteiger partial charge in [-0.25, -0.2) is 15.0 Å². The fourth-order valence-corrected chi connectivity index (χ4v) is 2.43. The van der Waals surface area contributed by atoms with Crippen LogP contribution in [-0.4, -0.2) is 39.0 Å². The summed E-state index contributed by atoms with van der Waals surface area (Å²) in [5, 5.41) is 3.35. The maximum Gasteiger partial charge on any atom is 0.225 e. The summed E-state index contributed by atoms with van der Waals surface area (Å²) in [6.45, 7) is 3.15. The van der Waals surface area contributed by atoms with Crippen molar-refractivity contribution in [2.24, 2.45) is 0 Å². The maximum atomic E-state index is 4.10. The van der Waals surface area contributed by atoms with E-state index < -0.39 is 0 Å². The van der Waals surface area contributed by atoms with Crippen LogP contribution < -0.4 is 5.32 Å². The van der Waals surface area contributed by atoms with Crippen molar-refractivity contribution in [3.8, 4) is 0 Å². The van der Waals surface area contributed by atoms with Crippen molar-refractivity contribution in [3.63, 3.8) is 0 Å². The Kier molecular flexibility index (Phi) is 3.65. The highest BCUT2D eigenvalue weighted by molar-refractivity contribution is 5.24. The Morgan fingerprint density at radius 3 is 2.74 bits per heavy atom. The molecule has 1 aromatic carbocycles. The van der Waals surface area contributed by atoms with E-state index in [0.717, 1.165) is 26.1 Å². The zero-order chi connectivity index (χ0) is 12.9. The number of benzene rings is 1. The Hall–Kier alpha value is -2.01. The normalized spacial score (nSPS) is 19.5. The second-order valence-corrected chi connectivity index (χ2v) is 4.81. The van der Waals surface area contributed by atoms with Crippen molar-refractivity contribution in [2.75, 3.05) is 18.4 Å². The summed E-state index contributed by atoms with van der Waals surface area (Å²) < 4.78 is 0. The Morgan fingerprint density at radius 1 is 1.16 bits per heavy atom. The van der Waals surface area contributed by atoms with E-state index in [2.05, 4.69) is 55.5 Å². The molecule has 3 rings (SSSR count). The standard InChI is InChI=1S/C14H17N5/c1-2-4-12(5-3-1)8-19-7-6-13(9-19)18-14-16-10-15-11-17-14/h1-5,10-11,13H,6-9H2,(H,15,16,17,18). The van der Waals surface area contributed by atoms with Crippen LogP contribution in [0.25, 0.3) is 0 Å². The second kappa shape index (κ2) is 5.75. The lowest BCUT2D eigenvalue weighted by atomic mass is 10.2. The molecule has 19 heavy (non-hydrogen) atoms. The predicted octanol–water partition coefficient (Wildman–Crippen LogP) is 1.56. The smallest absolute Gasteiger partial charge is 0.225 e. The van der Waals surface area contributed by atoms with E-state index in [1.165, 1.54) is 18.2 Å². The van der Waals surface area contributed by atoms with E-state index in [1.807, 2.05) is 0 Å². The van der Waals surface area contributed by atoms with E-state index in [4.69, 9.17) is 0 Å². The highest BCUT2D eigenvalue weighted by Crippen LogP contribution is 2.15. The third-order valence-electron chi connectivity index (χ3n) is 3.35. The van der Waals surface area contributed by atoms with Gasteiger partial charge in [0.25, 0.3) is 0 Å². The van der Waals surface area contributed by atoms with Crippen molar-refractivity contribution in [1.29, 1.82) is 0 Å². The minimum absolute atomic E-state index is 0.422. The molecule has 1 atom stereocenters. The van der Waals surface area contributed by atoms with Crippen LogP contribution in [0.5, 0.6) is 0 Å². The highest BCUT2D eigenvalue weighted by atomic mass is 15.2. The lowest BCUT2D eigenvalue weighted by Gasteiger charge is -2.16. The van der Waals surface area contributed by atoms with Gasteiger partial charge in [-0.15, -0.1) is 0 Å². The van der Waals surface area contributed by atoms with Crippen molar-refractivity contribution < 1.29 is 0 Å². The molecule has 5 heteroatoms. The van der Waals surface area contributed by atoms with E-state index >= 15 is 0 Å². The number of hydrogen-bond donors (Lipinski definition) is 1. The zero-order valence-electron chi connectivity index (χ0n) is 10.7. The number of aromatic nitrogens is 3. The second-order valence-electron chi connectivity index (χ2n) is 4.81. The number of nitrogens with one attached hydrogen (secondary N) is 1. The lowest BCUT2D eigenvalue weighted by Crippen LogP contribution is -2.26. The lowest BCUT2D eigenvalue weighted by molar-refractivity contribution is 0.328. The Morgan fingerprint density at radius 2 is 1.95 bits per heavy atom. The third kappa shape index (κ3) is 3.26. The molecule has 2 aromatic rings. The third-order valence-corrected chi connectivity index (χ3v) is 3.35. The first-order valence-corrected chi connectivity index (χ1v) is 6.55. The van der Waals surface area contributed by atoms with Gasteiger partial charge in [0.2, 0.25) is 5.95 Å². The van der Waals surface area contributed by atoms with Crippen LogP contribution in [0, 0.1) is 0 Å². The summed E-state index contributed by atoms with van der Waals surface area (Å²) in [6.07, 6.45) is 4.16. The molecule has 1 N–H and O–H groups in total. The van der Waals surface area contributed by atoms with Gasteiger partial charge in [-0.3, -0.25) is 4.90 Å². The predicted molar refractivity (Wildman–Crippen MR) is 73.6 cm³/mol. The maximum absolute atomic E-state index is 4.10. The molecule has 1 aliphatic heterocycles. The summed E-state index contributed by atoms with van der Waals surface area (Å²) in [7, 11) is 0. The van der Waals surface area contributed by atoms with Crippen LogP contribution in [0.1, 0.15) is 12.0 Å². The van der Waals surface area contributed by atoms with Crippen LogP contribution in [0.15, 0.2) is 43.0 Å². The van der Waals surface area contributed by atoms with E-state index in [-0.39, 0.29) is 0 Å². The Labute approximate surface area is 112 Å². The average molecular weight is 255 g/mol. The van der Waals surface area contributed by atoms with Gasteiger partial charge in [-0.05, 0) is 12.0 Å². The van der Waals surface area contributed by atoms with Gasteiger partial charge in [-0.1, -0.05) is 30.3 Å². The van der Waals surface area contributed by atoms with E-state index in [9.17, 15) is 0 Å². The molecule has 0 saturated carbocycles. The quantitative estimate of drug-likeness (QED) is 0.898. The van der Waals surface area contributed by atoms with E-state index in [0.29, 0.717) is 12.0 Å². The number of rotatable bonds is 4. The minimum atomic E-state index is 0.422. The molecule has 1 aromatic heterocycles. The van der Waals surface area contributed by atoms with Crippen molar-refractivity contribution in [2.45, 2.75) is 19.0 Å². The molecule has 98 valence electrons. The van der Waals surface area contributed by atoms with Crippen LogP contribution in [0.3, 0.4) is 0 Å². The Bertz CT molecular complexity index is 454. The fourth-order valence-electron chi connectivity index (χ4n) is 2.43. The molecule has 0 bridgehead atoms. The van der Waals surface area contributed by atoms with Crippen LogP contribution in [0.2, 0.25) is 0 Å². The first kappa shape index (κ1) is 12.0. The molecule has 2 heterocycles. The van der Waals surface area contributed by atoms with Crippen LogP contribution in [0.4, 0.5) is 5.95 Å². The van der Waals surface area contributed by atoms with Crippen molar-refractivity contribution >= 4 is 5.95 Å². The summed E-state index contributed by atoms with van der Waals surface area (Å²) >= 11 is 0. The number of anilines is 1. The fraction of sp³-hybridized carbons (Fsp3) is 0.357. The van der Waals surface area contributed by atoms with Gasteiger partial charge in [0, 0.05) is 25.7 Å².